The topological polar surface area (TPSA) is 96.9 Å². The molecule has 0 saturated carbocycles. The second kappa shape index (κ2) is 10.7. The predicted octanol–water partition coefficient (Wildman–Crippen LogP) is 4.32. The number of amides is 1. The number of anilines is 1. The molecule has 0 aliphatic heterocycles. The molecule has 0 heterocycles. The van der Waals surface area contributed by atoms with Gasteiger partial charge < -0.3 is 25.2 Å². The maximum Gasteiger partial charge on any atom is 0.325 e. The summed E-state index contributed by atoms with van der Waals surface area (Å²) in [7, 11) is 2.95. The zero-order valence-corrected chi connectivity index (χ0v) is 19.1. The molecule has 2 aromatic rings. The van der Waals surface area contributed by atoms with Gasteiger partial charge in [0.1, 0.15) is 23.4 Å². The number of benzene rings is 2. The molecule has 0 aliphatic rings. The van der Waals surface area contributed by atoms with Gasteiger partial charge in [0.2, 0.25) is 5.91 Å². The average Bonchev–Trinajstić information content (AvgIpc) is 2.72. The Hall–Kier alpha value is -3.55. The van der Waals surface area contributed by atoms with Crippen LogP contribution in [0.2, 0.25) is 0 Å². The summed E-state index contributed by atoms with van der Waals surface area (Å²) < 4.78 is 25.9. The molecule has 0 aliphatic carbocycles. The number of carboxylic acid groups (broad SMARTS) is 1. The second-order valence-corrected chi connectivity index (χ2v) is 7.64. The number of nitrogens with one attached hydrogen (secondary N) is 2. The summed E-state index contributed by atoms with van der Waals surface area (Å²) in [6, 6.07) is 7.33. The third-order valence-corrected chi connectivity index (χ3v) is 4.74. The molecule has 0 radical (unpaired) electrons. The van der Waals surface area contributed by atoms with Crippen LogP contribution in [-0.2, 0) is 9.59 Å². The third kappa shape index (κ3) is 6.00. The lowest BCUT2D eigenvalue weighted by Crippen LogP contribution is -2.37. The van der Waals surface area contributed by atoms with Crippen LogP contribution in [0.5, 0.6) is 11.5 Å². The molecule has 1 amide bonds. The molecule has 0 spiro atoms. The minimum absolute atomic E-state index is 0.166. The maximum absolute atomic E-state index is 14.9. The fourth-order valence-corrected chi connectivity index (χ4v) is 3.16. The van der Waals surface area contributed by atoms with E-state index in [0.717, 1.165) is 0 Å². The Kier molecular flexibility index (Phi) is 8.23. The summed E-state index contributed by atoms with van der Waals surface area (Å²) in [4.78, 5) is 23.1. The molecule has 32 heavy (non-hydrogen) atoms. The van der Waals surface area contributed by atoms with Gasteiger partial charge in [0, 0.05) is 34.5 Å². The summed E-state index contributed by atoms with van der Waals surface area (Å²) in [5.41, 5.74) is 2.60. The first kappa shape index (κ1) is 24.7. The molecule has 8 heteroatoms. The van der Waals surface area contributed by atoms with Crippen molar-refractivity contribution in [1.82, 2.24) is 5.32 Å². The van der Waals surface area contributed by atoms with Crippen molar-refractivity contribution in [1.29, 1.82) is 0 Å². The summed E-state index contributed by atoms with van der Waals surface area (Å²) in [5, 5.41) is 14.5. The van der Waals surface area contributed by atoms with Crippen molar-refractivity contribution in [3.05, 3.63) is 47.8 Å². The Balaban J connectivity index is 2.47. The van der Waals surface area contributed by atoms with E-state index in [1.165, 1.54) is 33.3 Å². The van der Waals surface area contributed by atoms with E-state index in [9.17, 15) is 14.0 Å². The molecule has 0 aromatic heterocycles. The average molecular weight is 445 g/mol. The Bertz CT molecular complexity index is 1030. The highest BCUT2D eigenvalue weighted by atomic mass is 19.1. The van der Waals surface area contributed by atoms with E-state index in [4.69, 9.17) is 14.6 Å². The predicted molar refractivity (Wildman–Crippen MR) is 123 cm³/mol. The van der Waals surface area contributed by atoms with Crippen molar-refractivity contribution < 1.29 is 28.6 Å². The van der Waals surface area contributed by atoms with Gasteiger partial charge >= 0.3 is 5.97 Å². The fraction of sp³-hybridized carbons (Fsp3) is 0.333. The van der Waals surface area contributed by atoms with Gasteiger partial charge in [0.25, 0.3) is 0 Å². The Morgan fingerprint density at radius 1 is 1.03 bits per heavy atom. The number of ether oxygens (including phenoxy) is 2. The van der Waals surface area contributed by atoms with Crippen LogP contribution >= 0.6 is 0 Å². The third-order valence-electron chi connectivity index (χ3n) is 4.74. The largest absolute Gasteiger partial charge is 0.496 e. The van der Waals surface area contributed by atoms with E-state index in [1.807, 2.05) is 13.8 Å². The molecular formula is C24H29FN2O5. The zero-order chi connectivity index (χ0) is 24.0. The normalized spacial score (nSPS) is 12.3. The van der Waals surface area contributed by atoms with Crippen molar-refractivity contribution in [3.8, 4) is 22.6 Å². The SMILES string of the molecule is COc1cc(-c2ccc(NC(C)C)cc2F)c(OC)cc1/C(C)=C/C(=O)N[C@H](C)C(=O)O. The molecule has 3 N–H and O–H groups in total. The van der Waals surface area contributed by atoms with E-state index in [0.29, 0.717) is 39.4 Å². The number of hydrogen-bond donors (Lipinski definition) is 3. The first-order chi connectivity index (χ1) is 15.1. The molecule has 172 valence electrons. The minimum Gasteiger partial charge on any atom is -0.496 e. The van der Waals surface area contributed by atoms with E-state index in [2.05, 4.69) is 10.6 Å². The van der Waals surface area contributed by atoms with E-state index in [1.54, 1.807) is 31.2 Å². The van der Waals surface area contributed by atoms with Crippen molar-refractivity contribution >= 4 is 23.1 Å². The number of carboxylic acids is 1. The van der Waals surface area contributed by atoms with E-state index < -0.39 is 23.7 Å². The maximum atomic E-state index is 14.9. The van der Waals surface area contributed by atoms with E-state index in [-0.39, 0.29) is 6.04 Å². The fourth-order valence-electron chi connectivity index (χ4n) is 3.16. The van der Waals surface area contributed by atoms with Crippen LogP contribution in [0, 0.1) is 5.82 Å². The van der Waals surface area contributed by atoms with E-state index >= 15 is 0 Å². The minimum atomic E-state index is -1.13. The second-order valence-electron chi connectivity index (χ2n) is 7.64. The summed E-state index contributed by atoms with van der Waals surface area (Å²) in [6.07, 6.45) is 1.28. The lowest BCUT2D eigenvalue weighted by Gasteiger charge is -2.17. The molecule has 2 aromatic carbocycles. The van der Waals surface area contributed by atoms with Gasteiger partial charge in [-0.2, -0.15) is 0 Å². The number of aliphatic carboxylic acids is 1. The van der Waals surface area contributed by atoms with Crippen molar-refractivity contribution in [3.63, 3.8) is 0 Å². The standard InChI is InChI=1S/C24H29FN2O5/c1-13(2)26-16-7-8-17(20(25)10-16)19-12-21(31-5)18(11-22(19)32-6)14(3)9-23(28)27-15(4)24(29)30/h7-13,15,26H,1-6H3,(H,27,28)(H,29,30)/b14-9+/t15-/m1/s1. The zero-order valence-electron chi connectivity index (χ0n) is 19.1. The molecule has 2 rings (SSSR count). The lowest BCUT2D eigenvalue weighted by molar-refractivity contribution is -0.140. The quantitative estimate of drug-likeness (QED) is 0.499. The summed E-state index contributed by atoms with van der Waals surface area (Å²) in [6.45, 7) is 7.00. The van der Waals surface area contributed by atoms with Crippen LogP contribution in [0.1, 0.15) is 33.3 Å². The van der Waals surface area contributed by atoms with Crippen molar-refractivity contribution in [2.75, 3.05) is 19.5 Å². The molecular weight excluding hydrogens is 415 g/mol. The summed E-state index contributed by atoms with van der Waals surface area (Å²) in [5.74, 6) is -1.29. The summed E-state index contributed by atoms with van der Waals surface area (Å²) >= 11 is 0. The number of allylic oxidation sites excluding steroid dienone is 1. The molecule has 1 atom stereocenters. The number of halogens is 1. The monoisotopic (exact) mass is 444 g/mol. The smallest absolute Gasteiger partial charge is 0.325 e. The number of carbonyl (C=O) groups is 2. The van der Waals surface area contributed by atoms with Crippen LogP contribution in [0.4, 0.5) is 10.1 Å². The highest BCUT2D eigenvalue weighted by Gasteiger charge is 2.18. The molecule has 0 fully saturated rings. The van der Waals surface area contributed by atoms with Crippen molar-refractivity contribution in [2.45, 2.75) is 39.8 Å². The highest BCUT2D eigenvalue weighted by molar-refractivity contribution is 5.97. The molecule has 7 nitrogen and oxygen atoms in total. The molecule has 0 bridgehead atoms. The van der Waals surface area contributed by atoms with Gasteiger partial charge in [-0.15, -0.1) is 0 Å². The molecule has 0 saturated heterocycles. The number of hydrogen-bond acceptors (Lipinski definition) is 5. The van der Waals surface area contributed by atoms with Crippen molar-refractivity contribution in [2.24, 2.45) is 0 Å². The van der Waals surface area contributed by atoms with Gasteiger partial charge in [-0.3, -0.25) is 9.59 Å². The first-order valence-electron chi connectivity index (χ1n) is 10.1. The van der Waals surface area contributed by atoms with Gasteiger partial charge in [-0.05, 0) is 63.6 Å². The van der Waals surface area contributed by atoms with Gasteiger partial charge in [-0.25, -0.2) is 4.39 Å². The Labute approximate surface area is 187 Å². The van der Waals surface area contributed by atoms with Crippen LogP contribution in [0.3, 0.4) is 0 Å². The van der Waals surface area contributed by atoms with Crippen LogP contribution < -0.4 is 20.1 Å². The van der Waals surface area contributed by atoms with Crippen LogP contribution in [0.15, 0.2) is 36.4 Å². The number of methoxy groups -OCH3 is 2. The highest BCUT2D eigenvalue weighted by Crippen LogP contribution is 2.40. The van der Waals surface area contributed by atoms with Gasteiger partial charge in [0.15, 0.2) is 0 Å². The first-order valence-corrected chi connectivity index (χ1v) is 10.1. The Morgan fingerprint density at radius 3 is 2.22 bits per heavy atom. The Morgan fingerprint density at radius 2 is 1.69 bits per heavy atom. The van der Waals surface area contributed by atoms with Crippen LogP contribution in [0.25, 0.3) is 16.7 Å². The number of carbonyl (C=O) groups excluding carboxylic acids is 1. The van der Waals surface area contributed by atoms with Gasteiger partial charge in [0.05, 0.1) is 14.2 Å². The van der Waals surface area contributed by atoms with Gasteiger partial charge in [-0.1, -0.05) is 0 Å². The number of rotatable bonds is 9. The van der Waals surface area contributed by atoms with Crippen LogP contribution in [-0.4, -0.2) is 43.3 Å². The molecule has 0 unspecified atom stereocenters. The lowest BCUT2D eigenvalue weighted by atomic mass is 9.97.